The van der Waals surface area contributed by atoms with Gasteiger partial charge in [-0.2, -0.15) is 8.42 Å². The van der Waals surface area contributed by atoms with Crippen molar-refractivity contribution in [2.24, 2.45) is 0 Å². The normalized spacial score (nSPS) is 23.9. The number of ether oxygens (including phenoxy) is 2. The van der Waals surface area contributed by atoms with Crippen molar-refractivity contribution in [2.45, 2.75) is 96.2 Å². The summed E-state index contributed by atoms with van der Waals surface area (Å²) in [4.78, 5) is 12.5. The summed E-state index contributed by atoms with van der Waals surface area (Å²) < 4.78 is 38.1. The Hall–Kier alpha value is -0.540. The number of rotatable bonds is 13. The van der Waals surface area contributed by atoms with E-state index in [1.807, 2.05) is 0 Å². The van der Waals surface area contributed by atoms with Crippen LogP contribution >= 0.6 is 0 Å². The van der Waals surface area contributed by atoms with E-state index >= 15 is 0 Å². The summed E-state index contributed by atoms with van der Waals surface area (Å²) in [6.07, 6.45) is 5.86. The second-order valence-corrected chi connectivity index (χ2v) is 9.06. The molecule has 1 aliphatic rings. The summed E-state index contributed by atoms with van der Waals surface area (Å²) in [5, 5.41) is 10.2. The van der Waals surface area contributed by atoms with Gasteiger partial charge < -0.3 is 14.6 Å². The van der Waals surface area contributed by atoms with Gasteiger partial charge in [-0.15, -0.1) is 0 Å². The van der Waals surface area contributed by atoms with E-state index in [4.69, 9.17) is 9.47 Å². The fraction of sp³-hybridized carbons (Fsp3) is 0.944. The molecule has 1 aliphatic heterocycles. The molecule has 0 aromatic heterocycles. The largest absolute Gasteiger partial charge is 0.388 e. The molecule has 1 fully saturated rings. The van der Waals surface area contributed by atoms with Gasteiger partial charge in [0.25, 0.3) is 10.1 Å². The van der Waals surface area contributed by atoms with Crippen molar-refractivity contribution in [3.8, 4) is 0 Å². The third kappa shape index (κ3) is 8.90. The Morgan fingerprint density at radius 1 is 1.12 bits per heavy atom. The lowest BCUT2D eigenvalue weighted by Crippen LogP contribution is -2.42. The van der Waals surface area contributed by atoms with Gasteiger partial charge in [0, 0.05) is 6.42 Å². The number of hydrogen-bond donors (Lipinski definition) is 1. The monoisotopic (exact) mass is 394 g/mol. The minimum atomic E-state index is -3.68. The molecule has 0 aromatic rings. The zero-order valence-electron chi connectivity index (χ0n) is 16.4. The van der Waals surface area contributed by atoms with E-state index in [0.29, 0.717) is 6.42 Å². The summed E-state index contributed by atoms with van der Waals surface area (Å²) in [6.45, 7) is 5.02. The number of aliphatic hydroxyl groups excluding tert-OH is 1. The first kappa shape index (κ1) is 23.5. The molecule has 1 heterocycles. The minimum Gasteiger partial charge on any atom is -0.388 e. The molecule has 1 N–H and O–H groups in total. The lowest BCUT2D eigenvalue weighted by molar-refractivity contribution is -0.160. The topological polar surface area (TPSA) is 99.1 Å². The molecular formula is C18H34O7S. The van der Waals surface area contributed by atoms with Crippen LogP contribution in [-0.4, -0.2) is 56.3 Å². The van der Waals surface area contributed by atoms with Crippen molar-refractivity contribution in [1.29, 1.82) is 0 Å². The van der Waals surface area contributed by atoms with Gasteiger partial charge in [-0.3, -0.25) is 8.98 Å². The molecule has 0 spiro atoms. The summed E-state index contributed by atoms with van der Waals surface area (Å²) in [5.41, 5.74) is 0. The summed E-state index contributed by atoms with van der Waals surface area (Å²) in [5.74, 6) is -1.15. The van der Waals surface area contributed by atoms with E-state index < -0.39 is 40.8 Å². The van der Waals surface area contributed by atoms with Gasteiger partial charge >= 0.3 is 0 Å². The number of unbranched alkanes of at least 4 members (excludes halogenated alkanes) is 6. The van der Waals surface area contributed by atoms with Gasteiger partial charge in [0.15, 0.2) is 11.6 Å². The molecule has 3 atom stereocenters. The molecule has 0 aromatic carbocycles. The molecule has 0 radical (unpaired) electrons. The highest BCUT2D eigenvalue weighted by molar-refractivity contribution is 7.85. The highest BCUT2D eigenvalue weighted by atomic mass is 32.2. The van der Waals surface area contributed by atoms with Crippen LogP contribution in [0.1, 0.15) is 72.1 Å². The number of aliphatic hydroxyl groups is 1. The Morgan fingerprint density at radius 3 is 2.27 bits per heavy atom. The summed E-state index contributed by atoms with van der Waals surface area (Å²) in [6, 6.07) is 0. The quantitative estimate of drug-likeness (QED) is 0.378. The Morgan fingerprint density at radius 2 is 1.69 bits per heavy atom. The van der Waals surface area contributed by atoms with E-state index in [1.54, 1.807) is 13.8 Å². The first-order valence-electron chi connectivity index (χ1n) is 9.46. The van der Waals surface area contributed by atoms with Crippen LogP contribution in [-0.2, 0) is 28.6 Å². The smallest absolute Gasteiger partial charge is 0.264 e. The second-order valence-electron chi connectivity index (χ2n) is 7.41. The lowest BCUT2D eigenvalue weighted by Gasteiger charge is -2.21. The number of carbonyl (C=O) groups excluding carboxylic acids is 1. The molecule has 1 saturated heterocycles. The first-order chi connectivity index (χ1) is 12.1. The third-order valence-corrected chi connectivity index (χ3v) is 4.87. The van der Waals surface area contributed by atoms with Crippen LogP contribution in [0, 0.1) is 0 Å². The Balaban J connectivity index is 2.48. The van der Waals surface area contributed by atoms with Crippen molar-refractivity contribution in [3.05, 3.63) is 0 Å². The van der Waals surface area contributed by atoms with E-state index in [2.05, 4.69) is 11.1 Å². The molecular weight excluding hydrogens is 360 g/mol. The van der Waals surface area contributed by atoms with Crippen LogP contribution < -0.4 is 0 Å². The molecule has 0 aliphatic carbocycles. The van der Waals surface area contributed by atoms with Crippen molar-refractivity contribution < 1.29 is 32.0 Å². The van der Waals surface area contributed by atoms with Crippen molar-refractivity contribution in [2.75, 3.05) is 12.9 Å². The highest BCUT2D eigenvalue weighted by Gasteiger charge is 2.48. The van der Waals surface area contributed by atoms with Crippen LogP contribution in [0.4, 0.5) is 0 Å². The standard InChI is InChI=1S/C18H34O7S/c1-5-6-7-8-9-10-11-12-14(19)16-17(25-18(2,3)24-16)15(20)13-23-26(4,21)22/h15-17,20H,5-13H2,1-4H3/t15-,16-,17+/m1/s1. The van der Waals surface area contributed by atoms with Crippen LogP contribution in [0.3, 0.4) is 0 Å². The predicted octanol–water partition coefficient (Wildman–Crippen LogP) is 2.55. The third-order valence-electron chi connectivity index (χ3n) is 4.31. The average molecular weight is 395 g/mol. The van der Waals surface area contributed by atoms with Crippen LogP contribution in [0.15, 0.2) is 0 Å². The zero-order chi connectivity index (χ0) is 19.8. The maximum absolute atomic E-state index is 12.5. The molecule has 154 valence electrons. The number of ketones is 1. The molecule has 0 saturated carbocycles. The molecule has 7 nitrogen and oxygen atoms in total. The number of carbonyl (C=O) groups is 1. The maximum atomic E-state index is 12.5. The fourth-order valence-corrected chi connectivity index (χ4v) is 3.39. The number of Topliss-reactive ketones (excluding diaryl/α,β-unsaturated/α-hetero) is 1. The molecule has 0 bridgehead atoms. The fourth-order valence-electron chi connectivity index (χ4n) is 3.01. The maximum Gasteiger partial charge on any atom is 0.264 e. The van der Waals surface area contributed by atoms with Gasteiger partial charge in [-0.1, -0.05) is 45.4 Å². The molecule has 0 amide bonds. The minimum absolute atomic E-state index is 0.132. The van der Waals surface area contributed by atoms with E-state index in [9.17, 15) is 18.3 Å². The average Bonchev–Trinajstić information content (AvgIpc) is 2.87. The van der Waals surface area contributed by atoms with Gasteiger partial charge in [0.1, 0.15) is 18.3 Å². The Bertz CT molecular complexity index is 530. The van der Waals surface area contributed by atoms with Crippen molar-refractivity contribution in [3.63, 3.8) is 0 Å². The van der Waals surface area contributed by atoms with Gasteiger partial charge in [-0.25, -0.2) is 0 Å². The second kappa shape index (κ2) is 10.7. The van der Waals surface area contributed by atoms with E-state index in [-0.39, 0.29) is 5.78 Å². The SMILES string of the molecule is CCCCCCCCCC(=O)[C@H]1OC(C)(C)O[C@H]1[C@H](O)COS(C)(=O)=O. The molecule has 0 unspecified atom stereocenters. The Labute approximate surface area is 157 Å². The highest BCUT2D eigenvalue weighted by Crippen LogP contribution is 2.31. The van der Waals surface area contributed by atoms with E-state index in [0.717, 1.165) is 25.5 Å². The molecule has 1 rings (SSSR count). The predicted molar refractivity (Wildman–Crippen MR) is 98.2 cm³/mol. The summed E-state index contributed by atoms with van der Waals surface area (Å²) in [7, 11) is -3.68. The summed E-state index contributed by atoms with van der Waals surface area (Å²) >= 11 is 0. The van der Waals surface area contributed by atoms with Crippen molar-refractivity contribution in [1.82, 2.24) is 0 Å². The van der Waals surface area contributed by atoms with Crippen LogP contribution in [0.25, 0.3) is 0 Å². The van der Waals surface area contributed by atoms with Gasteiger partial charge in [0.2, 0.25) is 0 Å². The Kier molecular flexibility index (Phi) is 9.68. The van der Waals surface area contributed by atoms with Gasteiger partial charge in [0.05, 0.1) is 12.9 Å². The lowest BCUT2D eigenvalue weighted by atomic mass is 10.00. The van der Waals surface area contributed by atoms with Gasteiger partial charge in [-0.05, 0) is 20.3 Å². The van der Waals surface area contributed by atoms with Crippen LogP contribution in [0.2, 0.25) is 0 Å². The molecule has 8 heteroatoms. The number of hydrogen-bond acceptors (Lipinski definition) is 7. The zero-order valence-corrected chi connectivity index (χ0v) is 17.2. The van der Waals surface area contributed by atoms with Crippen LogP contribution in [0.5, 0.6) is 0 Å². The van der Waals surface area contributed by atoms with E-state index in [1.165, 1.54) is 25.7 Å². The first-order valence-corrected chi connectivity index (χ1v) is 11.3. The van der Waals surface area contributed by atoms with Crippen molar-refractivity contribution >= 4 is 15.9 Å². The molecule has 26 heavy (non-hydrogen) atoms.